The molecule has 0 N–H and O–H groups in total. The molecular weight excluding hydrogens is 290 g/mol. The van der Waals surface area contributed by atoms with Crippen molar-refractivity contribution in [1.29, 1.82) is 0 Å². The minimum Gasteiger partial charge on any atom is -0.104 e. The summed E-state index contributed by atoms with van der Waals surface area (Å²) in [4.78, 5) is 0. The van der Waals surface area contributed by atoms with E-state index in [1.807, 2.05) is 0 Å². The summed E-state index contributed by atoms with van der Waals surface area (Å²) in [5.74, 6) is 0. The summed E-state index contributed by atoms with van der Waals surface area (Å²) in [7, 11) is 0.941. The Morgan fingerprint density at radius 3 is 1.14 bits per heavy atom. The zero-order chi connectivity index (χ0) is 13.9. The van der Waals surface area contributed by atoms with Gasteiger partial charge in [0.1, 0.15) is 0 Å². The lowest BCUT2D eigenvalue weighted by atomic mass is 9.99. The highest BCUT2D eigenvalue weighted by Crippen LogP contribution is 2.58. The number of hydrogen-bond donors (Lipinski definition) is 0. The molecule has 4 heterocycles. The molecule has 4 fully saturated rings. The molecule has 124 valence electrons. The van der Waals surface area contributed by atoms with Crippen molar-refractivity contribution >= 4 is 15.8 Å². The number of hydrogen-bond acceptors (Lipinski definition) is 0. The Labute approximate surface area is 136 Å². The van der Waals surface area contributed by atoms with Crippen molar-refractivity contribution in [2.75, 3.05) is 13.3 Å². The van der Waals surface area contributed by atoms with E-state index in [1.165, 1.54) is 35.5 Å². The van der Waals surface area contributed by atoms with E-state index in [0.29, 0.717) is 15.8 Å². The van der Waals surface area contributed by atoms with Crippen LogP contribution in [-0.4, -0.2) is 36.0 Å². The molecule has 2 atom stereocenters. The maximum atomic E-state index is 2.54. The first-order chi connectivity index (χ1) is 9.75. The lowest BCUT2D eigenvalue weighted by Gasteiger charge is -2.41. The molecule has 0 radical (unpaired) electrons. The minimum absolute atomic E-state index is 0. The van der Waals surface area contributed by atoms with Gasteiger partial charge in [-0.2, -0.15) is 0 Å². The molecular formula is C19H38P2. The second-order valence-electron chi connectivity index (χ2n) is 7.67. The van der Waals surface area contributed by atoms with E-state index in [4.69, 9.17) is 0 Å². The van der Waals surface area contributed by atoms with Crippen LogP contribution in [-0.2, 0) is 0 Å². The van der Waals surface area contributed by atoms with Crippen molar-refractivity contribution in [1.82, 2.24) is 0 Å². The molecule has 0 aromatic carbocycles. The first-order valence-corrected chi connectivity index (χ1v) is 13.0. The van der Waals surface area contributed by atoms with E-state index in [-0.39, 0.29) is 7.43 Å². The molecule has 0 aromatic rings. The summed E-state index contributed by atoms with van der Waals surface area (Å²) >= 11 is 0. The fraction of sp³-hybridized carbons (Fsp3) is 1.00. The van der Waals surface area contributed by atoms with Gasteiger partial charge in [-0.25, -0.2) is 0 Å². The van der Waals surface area contributed by atoms with E-state index in [9.17, 15) is 0 Å². The van der Waals surface area contributed by atoms with Crippen molar-refractivity contribution in [3.8, 4) is 0 Å². The summed E-state index contributed by atoms with van der Waals surface area (Å²) in [5.41, 5.74) is 4.73. The fourth-order valence-corrected chi connectivity index (χ4v) is 11.0. The average Bonchev–Trinajstić information content (AvgIpc) is 2.62. The molecule has 4 aliphatic rings. The first-order valence-electron chi connectivity index (χ1n) is 9.19. The van der Waals surface area contributed by atoms with Gasteiger partial charge in [0.05, 0.1) is 0 Å². The van der Waals surface area contributed by atoms with Crippen molar-refractivity contribution in [2.24, 2.45) is 0 Å². The van der Waals surface area contributed by atoms with Gasteiger partial charge in [-0.05, 0) is 87.3 Å². The Bertz CT molecular complexity index is 256. The van der Waals surface area contributed by atoms with Crippen LogP contribution < -0.4 is 0 Å². The topological polar surface area (TPSA) is 0 Å². The summed E-state index contributed by atoms with van der Waals surface area (Å²) in [6.07, 6.45) is 18.7. The maximum Gasteiger partial charge on any atom is -0.0209 e. The van der Waals surface area contributed by atoms with Gasteiger partial charge in [0.25, 0.3) is 0 Å². The van der Waals surface area contributed by atoms with Crippen LogP contribution in [0.4, 0.5) is 0 Å². The Morgan fingerprint density at radius 2 is 0.762 bits per heavy atom. The molecule has 4 saturated heterocycles. The molecule has 0 aliphatic carbocycles. The van der Waals surface area contributed by atoms with Crippen molar-refractivity contribution < 1.29 is 0 Å². The summed E-state index contributed by atoms with van der Waals surface area (Å²) in [6.45, 7) is 5.09. The zero-order valence-electron chi connectivity index (χ0n) is 13.7. The van der Waals surface area contributed by atoms with E-state index < -0.39 is 0 Å². The zero-order valence-corrected chi connectivity index (χ0v) is 15.5. The van der Waals surface area contributed by atoms with Crippen LogP contribution in [0.2, 0.25) is 0 Å². The van der Waals surface area contributed by atoms with E-state index >= 15 is 0 Å². The normalized spacial score (nSPS) is 44.9. The molecule has 0 saturated carbocycles. The number of rotatable bonds is 0. The Morgan fingerprint density at radius 1 is 0.476 bits per heavy atom. The standard InChI is InChI=1S/2C9H17P.CH4/c1-10-8-4-2-5-9(10)7-3-6-8;1-10-8-4-2-3-5-9(10)7-6-8;/h2*8-9H,2-7H2,1H3;1H4. The second-order valence-corrected chi connectivity index (χ2v) is 13.3. The SMILES string of the molecule is C.CP1C2CCCC1CCC2.CP1C2CCCCC1CC2. The van der Waals surface area contributed by atoms with Crippen LogP contribution in [0.25, 0.3) is 0 Å². The van der Waals surface area contributed by atoms with E-state index in [1.54, 1.807) is 64.2 Å². The summed E-state index contributed by atoms with van der Waals surface area (Å²) < 4.78 is 0. The Hall–Kier alpha value is 0.860. The number of fused-ring (bicyclic) bond motifs is 4. The third kappa shape index (κ3) is 4.44. The first kappa shape index (κ1) is 18.2. The van der Waals surface area contributed by atoms with Gasteiger partial charge in [-0.1, -0.05) is 33.1 Å². The quantitative estimate of drug-likeness (QED) is 0.418. The highest BCUT2D eigenvalue weighted by atomic mass is 31.1. The lowest BCUT2D eigenvalue weighted by molar-refractivity contribution is 0.477. The minimum atomic E-state index is 0. The van der Waals surface area contributed by atoms with Gasteiger partial charge >= 0.3 is 0 Å². The van der Waals surface area contributed by atoms with Gasteiger partial charge in [-0.3, -0.25) is 0 Å². The molecule has 2 heteroatoms. The van der Waals surface area contributed by atoms with Crippen molar-refractivity contribution in [3.05, 3.63) is 0 Å². The smallest absolute Gasteiger partial charge is 0.0209 e. The highest BCUT2D eigenvalue weighted by Gasteiger charge is 2.33. The predicted molar refractivity (Wildman–Crippen MR) is 103 cm³/mol. The predicted octanol–water partition coefficient (Wildman–Crippen LogP) is 7.04. The molecule has 2 unspecified atom stereocenters. The van der Waals surface area contributed by atoms with Gasteiger partial charge < -0.3 is 0 Å². The third-order valence-electron chi connectivity index (χ3n) is 6.61. The van der Waals surface area contributed by atoms with Crippen molar-refractivity contribution in [2.45, 2.75) is 107 Å². The maximum absolute atomic E-state index is 2.54. The Balaban J connectivity index is 0.000000147. The summed E-state index contributed by atoms with van der Waals surface area (Å²) in [6, 6.07) is 0. The fourth-order valence-electron chi connectivity index (χ4n) is 5.13. The highest BCUT2D eigenvalue weighted by molar-refractivity contribution is 7.58. The van der Waals surface area contributed by atoms with Crippen LogP contribution in [0.3, 0.4) is 0 Å². The molecule has 0 amide bonds. The molecule has 4 rings (SSSR count). The molecule has 4 bridgehead atoms. The summed E-state index contributed by atoms with van der Waals surface area (Å²) in [5, 5.41) is 0. The van der Waals surface area contributed by atoms with Crippen LogP contribution in [0.1, 0.15) is 84.5 Å². The van der Waals surface area contributed by atoms with Crippen LogP contribution in [0, 0.1) is 0 Å². The van der Waals surface area contributed by atoms with Crippen LogP contribution in [0.15, 0.2) is 0 Å². The molecule has 0 spiro atoms. The molecule has 0 nitrogen and oxygen atoms in total. The largest absolute Gasteiger partial charge is 0.104 e. The molecule has 4 aliphatic heterocycles. The molecule has 21 heavy (non-hydrogen) atoms. The third-order valence-corrected chi connectivity index (χ3v) is 13.3. The van der Waals surface area contributed by atoms with Gasteiger partial charge in [-0.15, -0.1) is 15.8 Å². The monoisotopic (exact) mass is 328 g/mol. The second kappa shape index (κ2) is 8.64. The van der Waals surface area contributed by atoms with Gasteiger partial charge in [0.2, 0.25) is 0 Å². The van der Waals surface area contributed by atoms with Gasteiger partial charge in [0.15, 0.2) is 0 Å². The van der Waals surface area contributed by atoms with E-state index in [0.717, 1.165) is 0 Å². The molecule has 0 aromatic heterocycles. The Kier molecular flexibility index (Phi) is 7.49. The van der Waals surface area contributed by atoms with Crippen molar-refractivity contribution in [3.63, 3.8) is 0 Å². The van der Waals surface area contributed by atoms with Crippen LogP contribution >= 0.6 is 15.8 Å². The van der Waals surface area contributed by atoms with E-state index in [2.05, 4.69) is 13.3 Å². The average molecular weight is 328 g/mol. The lowest BCUT2D eigenvalue weighted by Crippen LogP contribution is -2.25. The van der Waals surface area contributed by atoms with Gasteiger partial charge in [0, 0.05) is 0 Å². The van der Waals surface area contributed by atoms with Crippen LogP contribution in [0.5, 0.6) is 0 Å².